The van der Waals surface area contributed by atoms with E-state index in [1.54, 1.807) is 61.7 Å². The van der Waals surface area contributed by atoms with Gasteiger partial charge in [0.15, 0.2) is 11.6 Å². The van der Waals surface area contributed by atoms with Crippen LogP contribution in [0.2, 0.25) is 0 Å². The van der Waals surface area contributed by atoms with E-state index in [0.717, 1.165) is 33.7 Å². The molecule has 8 aromatic heterocycles. The first kappa shape index (κ1) is 38.1. The molecule has 0 aliphatic heterocycles. The summed E-state index contributed by atoms with van der Waals surface area (Å²) in [6.07, 6.45) is 20.1. The van der Waals surface area contributed by atoms with E-state index in [0.29, 0.717) is 45.8 Å². The first-order valence-electron chi connectivity index (χ1n) is 17.3. The molecule has 10 aromatic rings. The fourth-order valence-corrected chi connectivity index (χ4v) is 6.19. The second kappa shape index (κ2) is 16.8. The number of hydrogen-bond donors (Lipinski definition) is 0. The zero-order valence-corrected chi connectivity index (χ0v) is 34.3. The maximum absolute atomic E-state index is 6.19. The quantitative estimate of drug-likeness (QED) is 0.118. The van der Waals surface area contributed by atoms with Gasteiger partial charge in [-0.25, -0.2) is 0 Å². The molecule has 0 spiro atoms. The standard InChI is InChI=1S/C44H24N10O2.2Pt/c1-3-11-41-39(9-1)51(29-53(41)43-13-5-7-17-49-43)31-21-35(27-45-25-31)55-33-15-19-47-37(23-33)38-24-34(16-20-48-38)56-36-22-32(26-46-28-36)52-30-54(44-14-6-8-18-50-44)42-12-4-2-10-40(42)52;;/h1-20,25-28H;;/q-4;;. The summed E-state index contributed by atoms with van der Waals surface area (Å²) in [6, 6.07) is 43.8. The van der Waals surface area contributed by atoms with Crippen LogP contribution in [0.15, 0.2) is 147 Å². The van der Waals surface area contributed by atoms with Crippen LogP contribution in [0.4, 0.5) is 0 Å². The van der Waals surface area contributed by atoms with Crippen LogP contribution in [-0.4, -0.2) is 39.0 Å². The number of nitrogens with zero attached hydrogens (tertiary/aromatic N) is 10. The van der Waals surface area contributed by atoms with Crippen LogP contribution in [0, 0.1) is 36.9 Å². The van der Waals surface area contributed by atoms with Gasteiger partial charge in [0.05, 0.1) is 22.1 Å². The molecule has 0 saturated carbocycles. The van der Waals surface area contributed by atoms with E-state index in [1.807, 2.05) is 103 Å². The van der Waals surface area contributed by atoms with Gasteiger partial charge in [0.1, 0.15) is 0 Å². The fraction of sp³-hybridized carbons (Fsp3) is 0. The molecule has 0 aliphatic rings. The summed E-state index contributed by atoms with van der Waals surface area (Å²) in [6.45, 7) is 0. The van der Waals surface area contributed by atoms with Crippen LogP contribution in [0.5, 0.6) is 23.0 Å². The van der Waals surface area contributed by atoms with Gasteiger partial charge in [-0.05, 0) is 60.4 Å². The summed E-state index contributed by atoms with van der Waals surface area (Å²) in [4.78, 5) is 26.8. The molecule has 8 heterocycles. The molecule has 12 nitrogen and oxygen atoms in total. The van der Waals surface area contributed by atoms with E-state index in [1.165, 1.54) is 0 Å². The summed E-state index contributed by atoms with van der Waals surface area (Å²) < 4.78 is 19.9. The van der Waals surface area contributed by atoms with E-state index in [4.69, 9.17) is 9.47 Å². The van der Waals surface area contributed by atoms with Gasteiger partial charge in [0, 0.05) is 77.5 Å². The largest absolute Gasteiger partial charge is 0.509 e. The molecule has 0 fully saturated rings. The van der Waals surface area contributed by atoms with E-state index < -0.39 is 0 Å². The molecule has 0 radical (unpaired) electrons. The molecular weight excluding hydrogens is 1090 g/mol. The van der Waals surface area contributed by atoms with E-state index in [-0.39, 0.29) is 42.1 Å². The Morgan fingerprint density at radius 2 is 0.879 bits per heavy atom. The topological polar surface area (TPSA) is 113 Å². The summed E-state index contributed by atoms with van der Waals surface area (Å²) in [7, 11) is 0. The minimum atomic E-state index is 0. The maximum atomic E-state index is 6.19. The number of rotatable bonds is 9. The third kappa shape index (κ3) is 7.55. The molecule has 2 aromatic carbocycles. The number of hydrogen-bond acceptors (Lipinski definition) is 8. The van der Waals surface area contributed by atoms with Crippen molar-refractivity contribution in [2.45, 2.75) is 0 Å². The Bertz CT molecular complexity index is 2810. The minimum absolute atomic E-state index is 0. The van der Waals surface area contributed by atoms with Crippen LogP contribution in [0.3, 0.4) is 0 Å². The molecule has 14 heteroatoms. The number of benzene rings is 2. The molecule has 0 saturated heterocycles. The minimum Gasteiger partial charge on any atom is -0.509 e. The van der Waals surface area contributed by atoms with Crippen LogP contribution in [0.25, 0.3) is 56.5 Å². The van der Waals surface area contributed by atoms with Gasteiger partial charge in [-0.1, -0.05) is 73.1 Å². The van der Waals surface area contributed by atoms with Crippen LogP contribution in [0.1, 0.15) is 0 Å². The number of fused-ring (bicyclic) bond motifs is 2. The van der Waals surface area contributed by atoms with E-state index in [9.17, 15) is 0 Å². The van der Waals surface area contributed by atoms with Crippen molar-refractivity contribution in [3.63, 3.8) is 0 Å². The number of ether oxygens (including phenoxy) is 2. The van der Waals surface area contributed by atoms with Crippen molar-refractivity contribution in [1.82, 2.24) is 39.0 Å². The Morgan fingerprint density at radius 1 is 0.431 bits per heavy atom. The predicted octanol–water partition coefficient (Wildman–Crippen LogP) is 6.55. The van der Waals surface area contributed by atoms with Gasteiger partial charge in [-0.2, -0.15) is 12.1 Å². The van der Waals surface area contributed by atoms with Crippen LogP contribution < -0.4 is 18.6 Å². The van der Waals surface area contributed by atoms with Crippen molar-refractivity contribution < 1.29 is 60.7 Å². The average Bonchev–Trinajstić information content (AvgIpc) is 3.85. The molecule has 0 amide bonds. The summed E-state index contributed by atoms with van der Waals surface area (Å²) in [5, 5.41) is 0. The number of aromatic nitrogens is 10. The van der Waals surface area contributed by atoms with Crippen molar-refractivity contribution >= 4 is 22.1 Å². The molecule has 0 aliphatic carbocycles. The van der Waals surface area contributed by atoms with E-state index in [2.05, 4.69) is 66.8 Å². The molecular formula is C44H24N10O2Pt2-4. The number of pyridine rings is 6. The Morgan fingerprint density at radius 3 is 1.33 bits per heavy atom. The smallest absolute Gasteiger partial charge is 0.269 e. The van der Waals surface area contributed by atoms with Gasteiger partial charge in [-0.15, -0.1) is 35.7 Å². The maximum Gasteiger partial charge on any atom is 0.269 e. The van der Waals surface area contributed by atoms with Gasteiger partial charge in [-0.3, -0.25) is 19.1 Å². The second-order valence-electron chi connectivity index (χ2n) is 12.2. The first-order valence-corrected chi connectivity index (χ1v) is 17.3. The summed E-state index contributed by atoms with van der Waals surface area (Å²) in [5.74, 6) is 3.01. The Labute approximate surface area is 360 Å². The molecule has 0 atom stereocenters. The second-order valence-corrected chi connectivity index (χ2v) is 12.2. The zero-order valence-electron chi connectivity index (χ0n) is 29.8. The fourth-order valence-electron chi connectivity index (χ4n) is 6.19. The Kier molecular flexibility index (Phi) is 11.0. The van der Waals surface area contributed by atoms with Crippen molar-refractivity contribution in [3.8, 4) is 57.4 Å². The van der Waals surface area contributed by atoms with Crippen molar-refractivity contribution in [1.29, 1.82) is 0 Å². The van der Waals surface area contributed by atoms with Gasteiger partial charge in [0.25, 0.3) is 12.7 Å². The molecule has 10 rings (SSSR count). The number of para-hydroxylation sites is 4. The Hall–Kier alpha value is -6.74. The van der Waals surface area contributed by atoms with Crippen molar-refractivity contribution in [3.05, 3.63) is 184 Å². The zero-order chi connectivity index (χ0) is 37.3. The normalized spacial score (nSPS) is 10.8. The van der Waals surface area contributed by atoms with Gasteiger partial charge < -0.3 is 38.5 Å². The predicted molar refractivity (Wildman–Crippen MR) is 201 cm³/mol. The molecule has 0 unspecified atom stereocenters. The molecule has 58 heavy (non-hydrogen) atoms. The first-order chi connectivity index (χ1) is 27.7. The Balaban J connectivity index is 0.00000235. The van der Waals surface area contributed by atoms with E-state index >= 15 is 0 Å². The third-order valence-corrected chi connectivity index (χ3v) is 8.65. The molecule has 0 N–H and O–H groups in total. The number of imidazole rings is 2. The van der Waals surface area contributed by atoms with Crippen molar-refractivity contribution in [2.24, 2.45) is 0 Å². The average molecular weight is 1110 g/mol. The third-order valence-electron chi connectivity index (χ3n) is 8.65. The molecule has 286 valence electrons. The molecule has 0 bridgehead atoms. The SMILES string of the molecule is [Pt].[Pt].[c-]1c(Oc2[c-]c(-c3[c-]c(Oc4[c-]c(-[n+]5[c-]n(-c6ccccn6)c6ccccc65)cnc4)ccn3)ncc2)cncc1-[n+]1[c-]n(-c2ccccn2)c2ccccc21. The summed E-state index contributed by atoms with van der Waals surface area (Å²) in [5.41, 5.74) is 5.74. The van der Waals surface area contributed by atoms with Gasteiger partial charge >= 0.3 is 0 Å². The van der Waals surface area contributed by atoms with Crippen molar-refractivity contribution in [2.75, 3.05) is 0 Å². The monoisotopic (exact) mass is 1110 g/mol. The van der Waals surface area contributed by atoms with Crippen LogP contribution >= 0.6 is 0 Å². The summed E-state index contributed by atoms with van der Waals surface area (Å²) >= 11 is 0. The van der Waals surface area contributed by atoms with Gasteiger partial charge in [0.2, 0.25) is 0 Å². The van der Waals surface area contributed by atoms with Crippen LogP contribution in [-0.2, 0) is 42.1 Å².